The number of aliphatic hydroxyl groups is 1. The van der Waals surface area contributed by atoms with Crippen molar-refractivity contribution in [1.29, 1.82) is 0 Å². The van der Waals surface area contributed by atoms with Crippen LogP contribution >= 0.6 is 0 Å². The highest BCUT2D eigenvalue weighted by atomic mass is 16.3. The predicted octanol–water partition coefficient (Wildman–Crippen LogP) is -1.13. The van der Waals surface area contributed by atoms with Crippen LogP contribution in [0.1, 0.15) is 44.9 Å². The van der Waals surface area contributed by atoms with Crippen LogP contribution in [-0.2, 0) is 4.79 Å². The number of fused-ring (bicyclic) bond motifs is 5. The minimum atomic E-state index is -0.172. The van der Waals surface area contributed by atoms with Crippen molar-refractivity contribution in [2.75, 3.05) is 27.2 Å². The monoisotopic (exact) mass is 363 g/mol. The fourth-order valence-corrected chi connectivity index (χ4v) is 7.93. The molecule has 5 nitrogen and oxygen atoms in total. The summed E-state index contributed by atoms with van der Waals surface area (Å²) in [6.07, 6.45) is 7.89. The Bertz CT molecular complexity index is 567. The van der Waals surface area contributed by atoms with E-state index in [0.717, 1.165) is 25.8 Å². The van der Waals surface area contributed by atoms with Gasteiger partial charge in [0.05, 0.1) is 39.3 Å². The molecule has 4 N–H and O–H groups in total. The van der Waals surface area contributed by atoms with Crippen LogP contribution in [0, 0.1) is 29.6 Å². The molecular weight excluding hydrogens is 326 g/mol. The zero-order valence-electron chi connectivity index (χ0n) is 16.4. The Hall–Kier alpha value is -0.650. The summed E-state index contributed by atoms with van der Waals surface area (Å²) in [7, 11) is 4.41. The first kappa shape index (κ1) is 17.4. The molecule has 2 aliphatic carbocycles. The van der Waals surface area contributed by atoms with Gasteiger partial charge in [0.1, 0.15) is 6.04 Å². The van der Waals surface area contributed by atoms with Gasteiger partial charge in [-0.05, 0) is 37.5 Å². The first-order valence-corrected chi connectivity index (χ1v) is 11.2. The summed E-state index contributed by atoms with van der Waals surface area (Å²) in [5, 5.41) is 13.4. The molecule has 3 heterocycles. The van der Waals surface area contributed by atoms with E-state index in [4.69, 9.17) is 0 Å². The number of rotatable bonds is 2. The first-order valence-electron chi connectivity index (χ1n) is 11.2. The van der Waals surface area contributed by atoms with Crippen LogP contribution < -0.4 is 10.2 Å². The van der Waals surface area contributed by atoms with E-state index in [1.54, 1.807) is 0 Å². The van der Waals surface area contributed by atoms with E-state index in [2.05, 4.69) is 24.3 Å². The SMILES string of the molecule is C[NH+](C)CC1C(O)CCC2C1C1CC[NH2+]C3C4CCCCC4C(=O)N2C13. The zero-order chi connectivity index (χ0) is 18.0. The topological polar surface area (TPSA) is 61.6 Å². The molecule has 5 aliphatic rings. The number of nitrogens with one attached hydrogen (secondary N) is 1. The van der Waals surface area contributed by atoms with Gasteiger partial charge in [-0.3, -0.25) is 4.79 Å². The van der Waals surface area contributed by atoms with Crippen molar-refractivity contribution in [3.63, 3.8) is 0 Å². The smallest absolute Gasteiger partial charge is 0.226 e. The highest BCUT2D eigenvalue weighted by Gasteiger charge is 2.65. The van der Waals surface area contributed by atoms with Crippen LogP contribution in [0.3, 0.4) is 0 Å². The number of hydrogen-bond acceptors (Lipinski definition) is 2. The average Bonchev–Trinajstić information content (AvgIpc) is 2.97. The highest BCUT2D eigenvalue weighted by Crippen LogP contribution is 2.53. The molecule has 1 amide bonds. The maximum atomic E-state index is 13.6. The van der Waals surface area contributed by atoms with Gasteiger partial charge in [-0.15, -0.1) is 0 Å². The fraction of sp³-hybridized carbons (Fsp3) is 0.952. The second-order valence-corrected chi connectivity index (χ2v) is 10.2. The summed E-state index contributed by atoms with van der Waals surface area (Å²) in [5.41, 5.74) is 0. The predicted molar refractivity (Wildman–Crippen MR) is 98.5 cm³/mol. The maximum absolute atomic E-state index is 13.6. The van der Waals surface area contributed by atoms with Gasteiger partial charge in [-0.25, -0.2) is 0 Å². The molecule has 5 fully saturated rings. The number of carbonyl (C=O) groups is 1. The van der Waals surface area contributed by atoms with Gasteiger partial charge in [0, 0.05) is 30.2 Å². The largest absolute Gasteiger partial charge is 0.393 e. The van der Waals surface area contributed by atoms with Crippen molar-refractivity contribution in [2.45, 2.75) is 69.2 Å². The summed E-state index contributed by atoms with van der Waals surface area (Å²) < 4.78 is 0. The number of nitrogens with two attached hydrogens (primary N) is 1. The molecule has 0 radical (unpaired) electrons. The van der Waals surface area contributed by atoms with Crippen molar-refractivity contribution < 1.29 is 20.1 Å². The summed E-state index contributed by atoms with van der Waals surface area (Å²) in [5.74, 6) is 2.92. The van der Waals surface area contributed by atoms with Crippen LogP contribution in [0.15, 0.2) is 0 Å². The van der Waals surface area contributed by atoms with E-state index in [1.165, 1.54) is 37.1 Å². The molecule has 9 unspecified atom stereocenters. The van der Waals surface area contributed by atoms with E-state index in [1.807, 2.05) is 0 Å². The summed E-state index contributed by atoms with van der Waals surface area (Å²) in [6.45, 7) is 2.26. The molecule has 0 spiro atoms. The second kappa shape index (κ2) is 6.46. The van der Waals surface area contributed by atoms with Crippen LogP contribution in [0.25, 0.3) is 0 Å². The van der Waals surface area contributed by atoms with Crippen molar-refractivity contribution >= 4 is 5.91 Å². The normalized spacial score (nSPS) is 50.4. The average molecular weight is 364 g/mol. The third kappa shape index (κ3) is 2.43. The van der Waals surface area contributed by atoms with E-state index in [-0.39, 0.29) is 6.10 Å². The van der Waals surface area contributed by atoms with Crippen LogP contribution in [0.4, 0.5) is 0 Å². The Balaban J connectivity index is 1.53. The summed E-state index contributed by atoms with van der Waals surface area (Å²) in [6, 6.07) is 1.49. The quantitative estimate of drug-likeness (QED) is 0.581. The molecule has 26 heavy (non-hydrogen) atoms. The van der Waals surface area contributed by atoms with Gasteiger partial charge in [-0.1, -0.05) is 12.8 Å². The van der Waals surface area contributed by atoms with Gasteiger partial charge in [0.2, 0.25) is 5.91 Å². The molecule has 0 aromatic heterocycles. The lowest BCUT2D eigenvalue weighted by Crippen LogP contribution is -3.07. The number of carbonyl (C=O) groups excluding carboxylic acids is 1. The molecular formula is C21H37N3O2+2. The Morgan fingerprint density at radius 1 is 1.12 bits per heavy atom. The standard InChI is InChI=1S/C21H35N3O2/c1-23(2)11-15-17(25)8-7-16-18(15)14-9-10-22-19-12-5-3-4-6-13(12)21(26)24(16)20(14)19/h12-20,22,25H,3-11H2,1-2H3/p+2. The van der Waals surface area contributed by atoms with E-state index >= 15 is 0 Å². The first-order chi connectivity index (χ1) is 12.6. The highest BCUT2D eigenvalue weighted by molar-refractivity contribution is 5.82. The minimum absolute atomic E-state index is 0.172. The maximum Gasteiger partial charge on any atom is 0.226 e. The Labute approximate surface area is 157 Å². The summed E-state index contributed by atoms with van der Waals surface area (Å²) in [4.78, 5) is 17.4. The van der Waals surface area contributed by atoms with Crippen molar-refractivity contribution in [1.82, 2.24) is 4.90 Å². The lowest BCUT2D eigenvalue weighted by atomic mass is 9.64. The van der Waals surface area contributed by atoms with Crippen molar-refractivity contribution in [3.8, 4) is 0 Å². The molecule has 146 valence electrons. The number of nitrogens with zero attached hydrogens (tertiary/aromatic N) is 1. The Morgan fingerprint density at radius 3 is 2.73 bits per heavy atom. The van der Waals surface area contributed by atoms with Crippen molar-refractivity contribution in [2.24, 2.45) is 29.6 Å². The summed E-state index contributed by atoms with van der Waals surface area (Å²) >= 11 is 0. The third-order valence-corrected chi connectivity index (χ3v) is 8.67. The lowest BCUT2D eigenvalue weighted by molar-refractivity contribution is -0.863. The fourth-order valence-electron chi connectivity index (χ4n) is 7.93. The minimum Gasteiger partial charge on any atom is -0.393 e. The van der Waals surface area contributed by atoms with Crippen molar-refractivity contribution in [3.05, 3.63) is 0 Å². The molecule has 5 heteroatoms. The van der Waals surface area contributed by atoms with E-state index in [9.17, 15) is 9.90 Å². The lowest BCUT2D eigenvalue weighted by Gasteiger charge is -2.50. The molecule has 5 rings (SSSR count). The van der Waals surface area contributed by atoms with E-state index in [0.29, 0.717) is 53.6 Å². The third-order valence-electron chi connectivity index (χ3n) is 8.67. The van der Waals surface area contributed by atoms with Gasteiger partial charge in [-0.2, -0.15) is 0 Å². The van der Waals surface area contributed by atoms with Gasteiger partial charge >= 0.3 is 0 Å². The number of quaternary nitrogens is 2. The van der Waals surface area contributed by atoms with Gasteiger partial charge in [0.25, 0.3) is 0 Å². The number of piperidine rings is 2. The Morgan fingerprint density at radius 2 is 1.92 bits per heavy atom. The zero-order valence-corrected chi connectivity index (χ0v) is 16.4. The number of amides is 1. The molecule has 3 saturated heterocycles. The Kier molecular flexibility index (Phi) is 4.33. The number of hydrogen-bond donors (Lipinski definition) is 3. The molecule has 3 aliphatic heterocycles. The molecule has 2 saturated carbocycles. The molecule has 9 atom stereocenters. The van der Waals surface area contributed by atoms with Crippen LogP contribution in [0.2, 0.25) is 0 Å². The van der Waals surface area contributed by atoms with Gasteiger partial charge < -0.3 is 20.2 Å². The van der Waals surface area contributed by atoms with Gasteiger partial charge in [0.15, 0.2) is 0 Å². The molecule has 0 aromatic rings. The number of aliphatic hydroxyl groups excluding tert-OH is 1. The molecule has 0 aromatic carbocycles. The second-order valence-electron chi connectivity index (χ2n) is 10.2. The van der Waals surface area contributed by atoms with Crippen LogP contribution in [0.5, 0.6) is 0 Å². The van der Waals surface area contributed by atoms with E-state index < -0.39 is 0 Å². The van der Waals surface area contributed by atoms with Crippen LogP contribution in [-0.4, -0.2) is 67.3 Å². The molecule has 0 bridgehead atoms.